The molecule has 3 aromatic rings. The fourth-order valence-corrected chi connectivity index (χ4v) is 2.55. The molecule has 6 heteroatoms. The Morgan fingerprint density at radius 1 is 1.13 bits per heavy atom. The van der Waals surface area contributed by atoms with Gasteiger partial charge >= 0.3 is 5.97 Å². The molecule has 0 saturated carbocycles. The fourth-order valence-electron chi connectivity index (χ4n) is 2.55. The van der Waals surface area contributed by atoms with Crippen LogP contribution in [-0.4, -0.2) is 25.7 Å². The molecule has 6 nitrogen and oxygen atoms in total. The minimum absolute atomic E-state index is 0.248. The highest BCUT2D eigenvalue weighted by Gasteiger charge is 2.21. The number of aryl methyl sites for hydroxylation is 2. The van der Waals surface area contributed by atoms with E-state index in [-0.39, 0.29) is 17.6 Å². The van der Waals surface area contributed by atoms with Gasteiger partial charge in [-0.25, -0.2) is 9.78 Å². The van der Waals surface area contributed by atoms with E-state index >= 15 is 0 Å². The van der Waals surface area contributed by atoms with E-state index in [4.69, 9.17) is 0 Å². The van der Waals surface area contributed by atoms with E-state index < -0.39 is 22.8 Å². The second-order valence-corrected chi connectivity index (χ2v) is 5.10. The van der Waals surface area contributed by atoms with Crippen LogP contribution in [0.1, 0.15) is 15.9 Å². The van der Waals surface area contributed by atoms with Crippen LogP contribution in [0, 0.1) is 0 Å². The molecule has 0 bridgehead atoms. The summed E-state index contributed by atoms with van der Waals surface area (Å²) in [5.41, 5.74) is -0.0833. The van der Waals surface area contributed by atoms with Crippen molar-refractivity contribution >= 4 is 17.0 Å². The zero-order chi connectivity index (χ0) is 16.4. The highest BCUT2D eigenvalue weighted by molar-refractivity contribution is 5.97. The Balaban J connectivity index is 2.15. The van der Waals surface area contributed by atoms with Crippen LogP contribution < -0.4 is 5.56 Å². The number of hydrogen-bond acceptors (Lipinski definition) is 4. The van der Waals surface area contributed by atoms with Crippen molar-refractivity contribution in [2.75, 3.05) is 0 Å². The van der Waals surface area contributed by atoms with Crippen LogP contribution in [0.25, 0.3) is 11.0 Å². The molecule has 0 radical (unpaired) electrons. The van der Waals surface area contributed by atoms with E-state index in [1.165, 1.54) is 10.8 Å². The molecule has 0 aliphatic heterocycles. The van der Waals surface area contributed by atoms with E-state index in [0.717, 1.165) is 5.56 Å². The van der Waals surface area contributed by atoms with E-state index in [0.29, 0.717) is 6.42 Å². The number of carboxylic acids is 1. The van der Waals surface area contributed by atoms with Crippen LogP contribution in [0.5, 0.6) is 5.75 Å². The van der Waals surface area contributed by atoms with E-state index in [1.54, 1.807) is 12.1 Å². The molecule has 1 aromatic carbocycles. The fraction of sp³-hybridized carbons (Fsp3) is 0.118. The molecule has 23 heavy (non-hydrogen) atoms. The number of benzene rings is 1. The molecule has 0 aliphatic rings. The topological polar surface area (TPSA) is 92.4 Å². The summed E-state index contributed by atoms with van der Waals surface area (Å²) in [6, 6.07) is 12.7. The third-order valence-electron chi connectivity index (χ3n) is 3.67. The number of rotatable bonds is 4. The Labute approximate surface area is 131 Å². The molecule has 0 unspecified atom stereocenters. The lowest BCUT2D eigenvalue weighted by Gasteiger charge is -2.12. The predicted octanol–water partition coefficient (Wildman–Crippen LogP) is 2.04. The molecule has 0 saturated heterocycles. The Kier molecular flexibility index (Phi) is 3.80. The Bertz CT molecular complexity index is 932. The van der Waals surface area contributed by atoms with Gasteiger partial charge in [0, 0.05) is 12.7 Å². The minimum Gasteiger partial charge on any atom is -0.506 e. The highest BCUT2D eigenvalue weighted by atomic mass is 16.4. The van der Waals surface area contributed by atoms with Crippen LogP contribution in [-0.2, 0) is 13.0 Å². The summed E-state index contributed by atoms with van der Waals surface area (Å²) in [6.45, 7) is 0.275. The number of aromatic hydroxyl groups is 1. The van der Waals surface area contributed by atoms with Gasteiger partial charge in [-0.1, -0.05) is 30.3 Å². The van der Waals surface area contributed by atoms with Crippen molar-refractivity contribution in [2.24, 2.45) is 0 Å². The van der Waals surface area contributed by atoms with Crippen LogP contribution in [0.4, 0.5) is 0 Å². The first-order chi connectivity index (χ1) is 11.1. The van der Waals surface area contributed by atoms with Crippen molar-refractivity contribution in [3.63, 3.8) is 0 Å². The van der Waals surface area contributed by atoms with E-state index in [1.807, 2.05) is 30.3 Å². The summed E-state index contributed by atoms with van der Waals surface area (Å²) in [5.74, 6) is -1.99. The monoisotopic (exact) mass is 310 g/mol. The first kappa shape index (κ1) is 14.8. The van der Waals surface area contributed by atoms with Crippen molar-refractivity contribution in [1.29, 1.82) is 0 Å². The summed E-state index contributed by atoms with van der Waals surface area (Å²) in [4.78, 5) is 27.9. The van der Waals surface area contributed by atoms with E-state index in [2.05, 4.69) is 4.98 Å². The molecule has 116 valence electrons. The second-order valence-electron chi connectivity index (χ2n) is 5.10. The maximum absolute atomic E-state index is 12.4. The number of carbonyl (C=O) groups is 1. The van der Waals surface area contributed by atoms with Gasteiger partial charge in [0.15, 0.2) is 5.56 Å². The molecule has 2 heterocycles. The molecule has 2 aromatic heterocycles. The molecule has 3 rings (SSSR count). The van der Waals surface area contributed by atoms with Gasteiger partial charge in [-0.2, -0.15) is 0 Å². The van der Waals surface area contributed by atoms with Gasteiger partial charge in [0.25, 0.3) is 5.56 Å². The van der Waals surface area contributed by atoms with Gasteiger partial charge in [0.2, 0.25) is 0 Å². The lowest BCUT2D eigenvalue weighted by Crippen LogP contribution is -2.28. The standard InChI is InChI=1S/C17H14N2O4/c20-14-12-7-4-9-18-15(12)19(16(21)13(14)17(22)23)10-8-11-5-2-1-3-6-11/h1-7,9,20H,8,10H2,(H,22,23). The minimum atomic E-state index is -1.45. The third-order valence-corrected chi connectivity index (χ3v) is 3.67. The maximum atomic E-state index is 12.4. The smallest absolute Gasteiger partial charge is 0.345 e. The molecule has 0 aliphatic carbocycles. The average molecular weight is 310 g/mol. The van der Waals surface area contributed by atoms with Gasteiger partial charge in [-0.05, 0) is 24.1 Å². The number of hydrogen-bond donors (Lipinski definition) is 2. The van der Waals surface area contributed by atoms with Crippen LogP contribution in [0.15, 0.2) is 53.5 Å². The Hall–Kier alpha value is -3.15. The van der Waals surface area contributed by atoms with Gasteiger partial charge < -0.3 is 10.2 Å². The molecular weight excluding hydrogens is 296 g/mol. The maximum Gasteiger partial charge on any atom is 0.345 e. The third kappa shape index (κ3) is 2.66. The molecule has 0 amide bonds. The lowest BCUT2D eigenvalue weighted by atomic mass is 10.1. The number of fused-ring (bicyclic) bond motifs is 1. The summed E-state index contributed by atoms with van der Waals surface area (Å²) in [6.07, 6.45) is 2.05. The van der Waals surface area contributed by atoms with Crippen molar-refractivity contribution in [3.05, 3.63) is 70.1 Å². The quantitative estimate of drug-likeness (QED) is 0.769. The van der Waals surface area contributed by atoms with Crippen LogP contribution in [0.3, 0.4) is 0 Å². The summed E-state index contributed by atoms with van der Waals surface area (Å²) < 4.78 is 1.30. The second kappa shape index (κ2) is 5.92. The van der Waals surface area contributed by atoms with Crippen LogP contribution in [0.2, 0.25) is 0 Å². The Morgan fingerprint density at radius 3 is 2.57 bits per heavy atom. The number of nitrogens with zero attached hydrogens (tertiary/aromatic N) is 2. The summed E-state index contributed by atoms with van der Waals surface area (Å²) in [7, 11) is 0. The van der Waals surface area contributed by atoms with Crippen molar-refractivity contribution < 1.29 is 15.0 Å². The first-order valence-corrected chi connectivity index (χ1v) is 7.07. The molecule has 2 N–H and O–H groups in total. The van der Waals surface area contributed by atoms with Crippen molar-refractivity contribution in [2.45, 2.75) is 13.0 Å². The average Bonchev–Trinajstić information content (AvgIpc) is 2.55. The molecule has 0 fully saturated rings. The predicted molar refractivity (Wildman–Crippen MR) is 84.8 cm³/mol. The number of carboxylic acid groups (broad SMARTS) is 1. The number of pyridine rings is 2. The van der Waals surface area contributed by atoms with Crippen molar-refractivity contribution in [1.82, 2.24) is 9.55 Å². The molecule has 0 spiro atoms. The summed E-state index contributed by atoms with van der Waals surface area (Å²) >= 11 is 0. The van der Waals surface area contributed by atoms with Gasteiger partial charge in [-0.15, -0.1) is 0 Å². The molecule has 0 atom stereocenters. The van der Waals surface area contributed by atoms with Gasteiger partial charge in [0.1, 0.15) is 11.4 Å². The summed E-state index contributed by atoms with van der Waals surface area (Å²) in [5, 5.41) is 19.5. The highest BCUT2D eigenvalue weighted by Crippen LogP contribution is 2.24. The number of aromatic nitrogens is 2. The first-order valence-electron chi connectivity index (χ1n) is 7.07. The molecular formula is C17H14N2O4. The zero-order valence-electron chi connectivity index (χ0n) is 12.1. The SMILES string of the molecule is O=C(O)c1c(O)c2cccnc2n(CCc2ccccc2)c1=O. The van der Waals surface area contributed by atoms with Gasteiger partial charge in [-0.3, -0.25) is 9.36 Å². The van der Waals surface area contributed by atoms with Crippen molar-refractivity contribution in [3.8, 4) is 5.75 Å². The Morgan fingerprint density at radius 2 is 1.87 bits per heavy atom. The van der Waals surface area contributed by atoms with Gasteiger partial charge in [0.05, 0.1) is 5.39 Å². The largest absolute Gasteiger partial charge is 0.506 e. The zero-order valence-corrected chi connectivity index (χ0v) is 12.1. The van der Waals surface area contributed by atoms with Crippen LogP contribution >= 0.6 is 0 Å². The normalized spacial score (nSPS) is 10.8. The number of aromatic carboxylic acids is 1. The van der Waals surface area contributed by atoms with E-state index in [9.17, 15) is 19.8 Å². The lowest BCUT2D eigenvalue weighted by molar-refractivity contribution is 0.0691.